The SMILES string of the molecule is CCOc1ccc(N(CCC(=O)N(C)c2ccccc2)S(C)(=O)=O)cc1. The van der Waals surface area contributed by atoms with E-state index in [1.54, 1.807) is 31.3 Å². The quantitative estimate of drug-likeness (QED) is 0.710. The lowest BCUT2D eigenvalue weighted by Crippen LogP contribution is -2.35. The molecule has 0 unspecified atom stereocenters. The molecule has 0 aliphatic heterocycles. The van der Waals surface area contributed by atoms with Gasteiger partial charge < -0.3 is 9.64 Å². The van der Waals surface area contributed by atoms with Gasteiger partial charge in [-0.05, 0) is 43.3 Å². The molecule has 0 heterocycles. The highest BCUT2D eigenvalue weighted by Gasteiger charge is 2.20. The van der Waals surface area contributed by atoms with E-state index in [0.717, 1.165) is 11.9 Å². The minimum Gasteiger partial charge on any atom is -0.494 e. The fourth-order valence-electron chi connectivity index (χ4n) is 2.52. The van der Waals surface area contributed by atoms with E-state index in [-0.39, 0.29) is 18.9 Å². The van der Waals surface area contributed by atoms with Crippen LogP contribution in [-0.4, -0.2) is 40.8 Å². The summed E-state index contributed by atoms with van der Waals surface area (Å²) in [6.45, 7) is 2.49. The van der Waals surface area contributed by atoms with Crippen molar-refractivity contribution < 1.29 is 17.9 Å². The first kappa shape index (κ1) is 19.8. The van der Waals surface area contributed by atoms with Gasteiger partial charge in [0.1, 0.15) is 5.75 Å². The number of rotatable bonds is 8. The first-order chi connectivity index (χ1) is 12.3. The van der Waals surface area contributed by atoms with Crippen LogP contribution in [0, 0.1) is 0 Å². The zero-order valence-corrected chi connectivity index (χ0v) is 16.1. The molecule has 140 valence electrons. The van der Waals surface area contributed by atoms with E-state index in [1.165, 1.54) is 9.21 Å². The second kappa shape index (κ2) is 8.71. The second-order valence-corrected chi connectivity index (χ2v) is 7.71. The molecule has 0 spiro atoms. The molecule has 0 radical (unpaired) electrons. The van der Waals surface area contributed by atoms with Crippen molar-refractivity contribution in [3.05, 3.63) is 54.6 Å². The molecule has 6 nitrogen and oxygen atoms in total. The number of ether oxygens (including phenoxy) is 1. The summed E-state index contributed by atoms with van der Waals surface area (Å²) in [6, 6.07) is 16.0. The van der Waals surface area contributed by atoms with Gasteiger partial charge in [0.15, 0.2) is 0 Å². The van der Waals surface area contributed by atoms with Crippen LogP contribution in [0.5, 0.6) is 5.75 Å². The van der Waals surface area contributed by atoms with Gasteiger partial charge in [-0.15, -0.1) is 0 Å². The average molecular weight is 376 g/mol. The van der Waals surface area contributed by atoms with Crippen molar-refractivity contribution >= 4 is 27.3 Å². The number of sulfonamides is 1. The highest BCUT2D eigenvalue weighted by atomic mass is 32.2. The molecule has 7 heteroatoms. The van der Waals surface area contributed by atoms with E-state index in [1.807, 2.05) is 37.3 Å². The van der Waals surface area contributed by atoms with Crippen LogP contribution < -0.4 is 13.9 Å². The van der Waals surface area contributed by atoms with Gasteiger partial charge in [-0.25, -0.2) is 8.42 Å². The van der Waals surface area contributed by atoms with E-state index in [0.29, 0.717) is 18.0 Å². The average Bonchev–Trinajstić information content (AvgIpc) is 2.62. The Labute approximate surface area is 155 Å². The first-order valence-corrected chi connectivity index (χ1v) is 10.2. The molecule has 0 saturated carbocycles. The van der Waals surface area contributed by atoms with Gasteiger partial charge in [-0.2, -0.15) is 0 Å². The third-order valence-corrected chi connectivity index (χ3v) is 5.08. The van der Waals surface area contributed by atoms with Crippen LogP contribution in [0.2, 0.25) is 0 Å². The van der Waals surface area contributed by atoms with Crippen molar-refractivity contribution in [2.75, 3.05) is 35.7 Å². The van der Waals surface area contributed by atoms with Gasteiger partial charge in [-0.1, -0.05) is 18.2 Å². The topological polar surface area (TPSA) is 66.9 Å². The Morgan fingerprint density at radius 2 is 1.62 bits per heavy atom. The number of para-hydroxylation sites is 1. The predicted molar refractivity (Wildman–Crippen MR) is 104 cm³/mol. The van der Waals surface area contributed by atoms with Crippen molar-refractivity contribution in [1.82, 2.24) is 0 Å². The maximum Gasteiger partial charge on any atom is 0.232 e. The van der Waals surface area contributed by atoms with Gasteiger partial charge in [0.2, 0.25) is 15.9 Å². The maximum absolute atomic E-state index is 12.4. The molecule has 0 saturated heterocycles. The van der Waals surface area contributed by atoms with Crippen molar-refractivity contribution in [2.24, 2.45) is 0 Å². The third-order valence-electron chi connectivity index (χ3n) is 3.88. The number of carbonyl (C=O) groups is 1. The van der Waals surface area contributed by atoms with E-state index < -0.39 is 10.0 Å². The molecule has 0 fully saturated rings. The lowest BCUT2D eigenvalue weighted by molar-refractivity contribution is -0.118. The molecule has 2 aromatic carbocycles. The Bertz CT molecular complexity index is 820. The monoisotopic (exact) mass is 376 g/mol. The number of hydrogen-bond donors (Lipinski definition) is 0. The summed E-state index contributed by atoms with van der Waals surface area (Å²) in [5.41, 5.74) is 1.27. The second-order valence-electron chi connectivity index (χ2n) is 5.80. The summed E-state index contributed by atoms with van der Waals surface area (Å²) in [4.78, 5) is 14.0. The fraction of sp³-hybridized carbons (Fsp3) is 0.316. The van der Waals surface area contributed by atoms with Crippen molar-refractivity contribution in [2.45, 2.75) is 13.3 Å². The van der Waals surface area contributed by atoms with E-state index in [2.05, 4.69) is 0 Å². The standard InChI is InChI=1S/C19H24N2O4S/c1-4-25-18-12-10-17(11-13-18)21(26(3,23)24)15-14-19(22)20(2)16-8-6-5-7-9-16/h5-13H,4,14-15H2,1-3H3. The molecular formula is C19H24N2O4S. The largest absolute Gasteiger partial charge is 0.494 e. The Balaban J connectivity index is 2.10. The lowest BCUT2D eigenvalue weighted by atomic mass is 10.2. The summed E-state index contributed by atoms with van der Waals surface area (Å²) in [7, 11) is -1.83. The van der Waals surface area contributed by atoms with E-state index in [4.69, 9.17) is 4.74 Å². The van der Waals surface area contributed by atoms with Crippen LogP contribution >= 0.6 is 0 Å². The minimum absolute atomic E-state index is 0.0722. The van der Waals surface area contributed by atoms with Crippen LogP contribution in [0.1, 0.15) is 13.3 Å². The summed E-state index contributed by atoms with van der Waals surface area (Å²) >= 11 is 0. The Morgan fingerprint density at radius 1 is 1.00 bits per heavy atom. The first-order valence-electron chi connectivity index (χ1n) is 8.35. The summed E-state index contributed by atoms with van der Waals surface area (Å²) in [5, 5.41) is 0. The fourth-order valence-corrected chi connectivity index (χ4v) is 3.45. The van der Waals surface area contributed by atoms with Crippen LogP contribution in [0.25, 0.3) is 0 Å². The lowest BCUT2D eigenvalue weighted by Gasteiger charge is -2.24. The molecule has 0 aliphatic carbocycles. The summed E-state index contributed by atoms with van der Waals surface area (Å²) in [5.74, 6) is 0.514. The Morgan fingerprint density at radius 3 is 2.15 bits per heavy atom. The van der Waals surface area contributed by atoms with Crippen LogP contribution in [-0.2, 0) is 14.8 Å². The van der Waals surface area contributed by atoms with Crippen LogP contribution in [0.3, 0.4) is 0 Å². The van der Waals surface area contributed by atoms with Gasteiger partial charge in [0.05, 0.1) is 18.6 Å². The van der Waals surface area contributed by atoms with Crippen LogP contribution in [0.15, 0.2) is 54.6 Å². The van der Waals surface area contributed by atoms with Gasteiger partial charge >= 0.3 is 0 Å². The van der Waals surface area contributed by atoms with E-state index >= 15 is 0 Å². The molecule has 1 amide bonds. The molecule has 0 atom stereocenters. The number of anilines is 2. The van der Waals surface area contributed by atoms with Gasteiger partial charge in [-0.3, -0.25) is 9.10 Å². The van der Waals surface area contributed by atoms with Crippen molar-refractivity contribution in [3.63, 3.8) is 0 Å². The number of amides is 1. The number of benzene rings is 2. The van der Waals surface area contributed by atoms with E-state index in [9.17, 15) is 13.2 Å². The maximum atomic E-state index is 12.4. The Hall–Kier alpha value is -2.54. The number of nitrogens with zero attached hydrogens (tertiary/aromatic N) is 2. The molecule has 0 bridgehead atoms. The zero-order valence-electron chi connectivity index (χ0n) is 15.3. The molecular weight excluding hydrogens is 352 g/mol. The molecule has 2 rings (SSSR count). The van der Waals surface area contributed by atoms with Gasteiger partial charge in [0, 0.05) is 25.7 Å². The molecule has 0 N–H and O–H groups in total. The molecule has 0 aliphatic rings. The molecule has 26 heavy (non-hydrogen) atoms. The zero-order chi connectivity index (χ0) is 19.2. The predicted octanol–water partition coefficient (Wildman–Crippen LogP) is 2.90. The third kappa shape index (κ3) is 5.23. The van der Waals surface area contributed by atoms with Crippen molar-refractivity contribution in [3.8, 4) is 5.75 Å². The van der Waals surface area contributed by atoms with Crippen LogP contribution in [0.4, 0.5) is 11.4 Å². The number of carbonyl (C=O) groups excluding carboxylic acids is 1. The number of hydrogen-bond acceptors (Lipinski definition) is 4. The summed E-state index contributed by atoms with van der Waals surface area (Å²) < 4.78 is 30.9. The highest BCUT2D eigenvalue weighted by Crippen LogP contribution is 2.22. The van der Waals surface area contributed by atoms with Crippen molar-refractivity contribution in [1.29, 1.82) is 0 Å². The molecule has 2 aromatic rings. The normalized spacial score (nSPS) is 11.0. The highest BCUT2D eigenvalue weighted by molar-refractivity contribution is 7.92. The van der Waals surface area contributed by atoms with Gasteiger partial charge in [0.25, 0.3) is 0 Å². The smallest absolute Gasteiger partial charge is 0.232 e. The molecule has 0 aromatic heterocycles. The Kier molecular flexibility index (Phi) is 6.63. The summed E-state index contributed by atoms with van der Waals surface area (Å²) in [6.07, 6.45) is 1.21. The minimum atomic E-state index is -3.51.